The Morgan fingerprint density at radius 2 is 1.83 bits per heavy atom. The highest BCUT2D eigenvalue weighted by Crippen LogP contribution is 2.27. The molecule has 3 rings (SSSR count). The Bertz CT molecular complexity index is 769. The molecule has 4 amide bonds. The zero-order chi connectivity index (χ0) is 16.6. The molecule has 0 radical (unpaired) electrons. The molecule has 0 N–H and O–H groups in total. The number of rotatable bonds is 4. The zero-order valence-electron chi connectivity index (χ0n) is 12.7. The minimum atomic E-state index is -0.849. The lowest BCUT2D eigenvalue weighted by Gasteiger charge is -2.22. The summed E-state index contributed by atoms with van der Waals surface area (Å²) in [5.74, 6) is -1.11. The maximum Gasteiger partial charge on any atom is 0.335 e. The van der Waals surface area contributed by atoms with Gasteiger partial charge in [0.05, 0.1) is 12.6 Å². The lowest BCUT2D eigenvalue weighted by Crippen LogP contribution is -2.35. The third-order valence-electron chi connectivity index (χ3n) is 3.75. The van der Waals surface area contributed by atoms with Crippen LogP contribution in [0.2, 0.25) is 0 Å². The van der Waals surface area contributed by atoms with Crippen molar-refractivity contribution in [3.8, 4) is 0 Å². The molecule has 1 atom stereocenters. The Morgan fingerprint density at radius 3 is 2.43 bits per heavy atom. The van der Waals surface area contributed by atoms with Gasteiger partial charge in [-0.3, -0.25) is 9.59 Å². The number of imide groups is 2. The van der Waals surface area contributed by atoms with E-state index < -0.39 is 23.9 Å². The van der Waals surface area contributed by atoms with Crippen LogP contribution in [0.5, 0.6) is 0 Å². The van der Waals surface area contributed by atoms with Gasteiger partial charge in [0, 0.05) is 6.07 Å². The normalized spacial score (nSPS) is 16.3. The van der Waals surface area contributed by atoms with Crippen LogP contribution in [0, 0.1) is 6.92 Å². The van der Waals surface area contributed by atoms with Gasteiger partial charge in [-0.1, -0.05) is 35.5 Å². The van der Waals surface area contributed by atoms with Gasteiger partial charge < -0.3 is 4.52 Å². The first-order valence-corrected chi connectivity index (χ1v) is 7.15. The van der Waals surface area contributed by atoms with Crippen LogP contribution in [-0.4, -0.2) is 32.8 Å². The molecule has 2 aromatic rings. The van der Waals surface area contributed by atoms with Crippen LogP contribution >= 0.6 is 0 Å². The second kappa shape index (κ2) is 5.68. The van der Waals surface area contributed by atoms with Gasteiger partial charge in [0.2, 0.25) is 0 Å². The smallest absolute Gasteiger partial charge is 0.335 e. The number of aryl methyl sites for hydroxylation is 1. The van der Waals surface area contributed by atoms with Crippen molar-refractivity contribution in [1.29, 1.82) is 0 Å². The first-order valence-electron chi connectivity index (χ1n) is 7.15. The molecule has 2 heterocycles. The molecule has 0 bridgehead atoms. The highest BCUT2D eigenvalue weighted by atomic mass is 16.5. The van der Waals surface area contributed by atoms with Gasteiger partial charge in [-0.25, -0.2) is 14.6 Å². The average molecular weight is 313 g/mol. The van der Waals surface area contributed by atoms with E-state index in [4.69, 9.17) is 4.52 Å². The van der Waals surface area contributed by atoms with Gasteiger partial charge in [0.15, 0.2) is 0 Å². The molecule has 23 heavy (non-hydrogen) atoms. The molecule has 1 fully saturated rings. The van der Waals surface area contributed by atoms with Gasteiger partial charge in [0.1, 0.15) is 11.5 Å². The van der Waals surface area contributed by atoms with E-state index in [2.05, 4.69) is 5.16 Å². The zero-order valence-corrected chi connectivity index (χ0v) is 12.7. The van der Waals surface area contributed by atoms with Crippen molar-refractivity contribution in [2.75, 3.05) is 0 Å². The lowest BCUT2D eigenvalue weighted by molar-refractivity contribution is -0.144. The minimum absolute atomic E-state index is 0.0846. The molecular weight excluding hydrogens is 298 g/mol. The first kappa shape index (κ1) is 15.0. The van der Waals surface area contributed by atoms with Crippen molar-refractivity contribution in [3.63, 3.8) is 0 Å². The van der Waals surface area contributed by atoms with Gasteiger partial charge >= 0.3 is 17.8 Å². The molecule has 7 nitrogen and oxygen atoms in total. The number of amides is 4. The standard InChI is InChI=1S/C16H15N3O4/c1-10-8-13(17-23-10)9-18-14(20)15(21)19(16(18)22)11(2)12-6-4-3-5-7-12/h3-8,11H,9H2,1-2H3. The fraction of sp³-hybridized carbons (Fsp3) is 0.250. The van der Waals surface area contributed by atoms with E-state index in [0.717, 1.165) is 15.4 Å². The predicted molar refractivity (Wildman–Crippen MR) is 78.9 cm³/mol. The fourth-order valence-electron chi connectivity index (χ4n) is 2.54. The fourth-order valence-corrected chi connectivity index (χ4v) is 2.54. The topological polar surface area (TPSA) is 83.7 Å². The molecule has 0 saturated carbocycles. The van der Waals surface area contributed by atoms with Crippen LogP contribution in [-0.2, 0) is 16.1 Å². The highest BCUT2D eigenvalue weighted by molar-refractivity contribution is 6.44. The van der Waals surface area contributed by atoms with E-state index in [-0.39, 0.29) is 6.54 Å². The molecule has 118 valence electrons. The number of aromatic nitrogens is 1. The Balaban J connectivity index is 1.85. The third kappa shape index (κ3) is 2.61. The first-order chi connectivity index (χ1) is 11.0. The third-order valence-corrected chi connectivity index (χ3v) is 3.75. The number of benzene rings is 1. The molecule has 0 spiro atoms. The van der Waals surface area contributed by atoms with Crippen molar-refractivity contribution >= 4 is 17.8 Å². The van der Waals surface area contributed by atoms with Gasteiger partial charge in [-0.05, 0) is 19.4 Å². The van der Waals surface area contributed by atoms with Gasteiger partial charge in [0.25, 0.3) is 0 Å². The largest absolute Gasteiger partial charge is 0.361 e. The average Bonchev–Trinajstić information content (AvgIpc) is 3.05. The Morgan fingerprint density at radius 1 is 1.13 bits per heavy atom. The van der Waals surface area contributed by atoms with Crippen LogP contribution in [0.1, 0.15) is 30.0 Å². The molecule has 1 aliphatic rings. The summed E-state index contributed by atoms with van der Waals surface area (Å²) >= 11 is 0. The summed E-state index contributed by atoms with van der Waals surface area (Å²) in [4.78, 5) is 38.7. The summed E-state index contributed by atoms with van der Waals surface area (Å²) in [5.41, 5.74) is 1.20. The number of urea groups is 1. The molecule has 7 heteroatoms. The van der Waals surface area contributed by atoms with Crippen LogP contribution in [0.3, 0.4) is 0 Å². The number of carbonyl (C=O) groups is 3. The second-order valence-corrected chi connectivity index (χ2v) is 5.36. The van der Waals surface area contributed by atoms with E-state index in [0.29, 0.717) is 11.5 Å². The van der Waals surface area contributed by atoms with Crippen LogP contribution in [0.25, 0.3) is 0 Å². The number of hydrogen-bond donors (Lipinski definition) is 0. The number of nitrogens with zero attached hydrogens (tertiary/aromatic N) is 3. The molecule has 0 aliphatic carbocycles. The van der Waals surface area contributed by atoms with E-state index in [1.54, 1.807) is 32.0 Å². The van der Waals surface area contributed by atoms with E-state index in [1.165, 1.54) is 0 Å². The Labute approximate surface area is 132 Å². The number of hydrogen-bond acceptors (Lipinski definition) is 5. The molecule has 1 unspecified atom stereocenters. The van der Waals surface area contributed by atoms with E-state index >= 15 is 0 Å². The summed E-state index contributed by atoms with van der Waals surface area (Å²) < 4.78 is 4.92. The summed E-state index contributed by atoms with van der Waals surface area (Å²) in [6.45, 7) is 3.33. The highest BCUT2D eigenvalue weighted by Gasteiger charge is 2.47. The Kier molecular flexibility index (Phi) is 3.69. The van der Waals surface area contributed by atoms with Gasteiger partial charge in [-0.15, -0.1) is 0 Å². The van der Waals surface area contributed by atoms with Crippen molar-refractivity contribution in [2.45, 2.75) is 26.4 Å². The quantitative estimate of drug-likeness (QED) is 0.637. The second-order valence-electron chi connectivity index (χ2n) is 5.36. The monoisotopic (exact) mass is 313 g/mol. The molecule has 1 aliphatic heterocycles. The molecular formula is C16H15N3O4. The number of carbonyl (C=O) groups excluding carboxylic acids is 3. The maximum absolute atomic E-state index is 12.5. The minimum Gasteiger partial charge on any atom is -0.361 e. The van der Waals surface area contributed by atoms with Crippen LogP contribution in [0.15, 0.2) is 40.9 Å². The van der Waals surface area contributed by atoms with E-state index in [9.17, 15) is 14.4 Å². The predicted octanol–water partition coefficient (Wildman–Crippen LogP) is 2.04. The molecule has 1 saturated heterocycles. The van der Waals surface area contributed by atoms with Crippen LogP contribution < -0.4 is 0 Å². The maximum atomic E-state index is 12.5. The lowest BCUT2D eigenvalue weighted by atomic mass is 10.1. The summed E-state index contributed by atoms with van der Waals surface area (Å²) in [5, 5.41) is 3.75. The molecule has 1 aromatic heterocycles. The van der Waals surface area contributed by atoms with Crippen molar-refractivity contribution in [3.05, 3.63) is 53.4 Å². The summed E-state index contributed by atoms with van der Waals surface area (Å²) in [7, 11) is 0. The van der Waals surface area contributed by atoms with Crippen LogP contribution in [0.4, 0.5) is 4.79 Å². The SMILES string of the molecule is Cc1cc(CN2C(=O)C(=O)N(C(C)c3ccccc3)C2=O)no1. The Hall–Kier alpha value is -2.96. The van der Waals surface area contributed by atoms with Gasteiger partial charge in [-0.2, -0.15) is 0 Å². The molecule has 1 aromatic carbocycles. The van der Waals surface area contributed by atoms with Crippen molar-refractivity contribution < 1.29 is 18.9 Å². The van der Waals surface area contributed by atoms with E-state index in [1.807, 2.05) is 18.2 Å². The van der Waals surface area contributed by atoms with Crippen molar-refractivity contribution in [2.24, 2.45) is 0 Å². The van der Waals surface area contributed by atoms with Crippen molar-refractivity contribution in [1.82, 2.24) is 15.0 Å². The summed E-state index contributed by atoms with van der Waals surface area (Å²) in [6, 6.07) is 9.53. The summed E-state index contributed by atoms with van der Waals surface area (Å²) in [6.07, 6.45) is 0.